The van der Waals surface area contributed by atoms with Gasteiger partial charge in [0.15, 0.2) is 38.3 Å². The van der Waals surface area contributed by atoms with E-state index in [2.05, 4.69) is 20.3 Å². The third-order valence-electron chi connectivity index (χ3n) is 5.56. The number of ether oxygens (including phenoxy) is 2. The smallest absolute Gasteiger partial charge is 0.410 e. The Morgan fingerprint density at radius 3 is 2.53 bits per heavy atom. The molecular formula is C22H27ClN6O6S. The fourth-order valence-corrected chi connectivity index (χ4v) is 4.76. The number of hydrogen-bond acceptors (Lipinski definition) is 10. The van der Waals surface area contributed by atoms with Gasteiger partial charge < -0.3 is 19.7 Å². The SMILES string of the molecule is CC(C)(C)OC(=O)N1CCC(N2C(=O)COc3c(Nc4ccc(S(C)(=O)=O)nc4Cl)ncnc32)CC1. The Bertz CT molecular complexity index is 1290. The van der Waals surface area contributed by atoms with Crippen LogP contribution in [0.25, 0.3) is 0 Å². The number of carbonyl (C=O) groups is 2. The maximum atomic E-state index is 12.8. The molecule has 0 aromatic carbocycles. The van der Waals surface area contributed by atoms with Gasteiger partial charge in [0.2, 0.25) is 5.75 Å². The summed E-state index contributed by atoms with van der Waals surface area (Å²) in [6.07, 6.45) is 3.03. The third-order valence-corrected chi connectivity index (χ3v) is 6.83. The molecule has 14 heteroatoms. The number of sulfone groups is 1. The number of amides is 2. The minimum Gasteiger partial charge on any atom is -0.476 e. The lowest BCUT2D eigenvalue weighted by Gasteiger charge is -2.40. The van der Waals surface area contributed by atoms with Gasteiger partial charge in [0.25, 0.3) is 5.91 Å². The molecule has 0 radical (unpaired) electrons. The molecule has 2 aliphatic heterocycles. The van der Waals surface area contributed by atoms with Crippen LogP contribution in [0.1, 0.15) is 33.6 Å². The summed E-state index contributed by atoms with van der Waals surface area (Å²) < 4.78 is 34.6. The molecule has 1 saturated heterocycles. The second-order valence-corrected chi connectivity index (χ2v) is 11.8. The Labute approximate surface area is 213 Å². The summed E-state index contributed by atoms with van der Waals surface area (Å²) in [4.78, 5) is 40.9. The van der Waals surface area contributed by atoms with Crippen LogP contribution < -0.4 is 15.0 Å². The first-order valence-electron chi connectivity index (χ1n) is 11.2. The predicted molar refractivity (Wildman–Crippen MR) is 131 cm³/mol. The molecule has 0 bridgehead atoms. The molecule has 12 nitrogen and oxygen atoms in total. The van der Waals surface area contributed by atoms with Crippen molar-refractivity contribution in [2.75, 3.05) is 36.2 Å². The molecule has 0 saturated carbocycles. The molecule has 194 valence electrons. The van der Waals surface area contributed by atoms with Crippen LogP contribution in [0.4, 0.5) is 22.1 Å². The number of pyridine rings is 1. The summed E-state index contributed by atoms with van der Waals surface area (Å²) >= 11 is 6.19. The molecule has 0 unspecified atom stereocenters. The lowest BCUT2D eigenvalue weighted by molar-refractivity contribution is -0.122. The Morgan fingerprint density at radius 1 is 1.22 bits per heavy atom. The Balaban J connectivity index is 1.54. The maximum Gasteiger partial charge on any atom is 0.410 e. The topological polar surface area (TPSA) is 144 Å². The van der Waals surface area contributed by atoms with Gasteiger partial charge in [-0.1, -0.05) is 11.6 Å². The van der Waals surface area contributed by atoms with E-state index in [1.165, 1.54) is 18.5 Å². The normalized spacial score (nSPS) is 16.9. The minimum absolute atomic E-state index is 0.0662. The first-order valence-corrected chi connectivity index (χ1v) is 13.5. The summed E-state index contributed by atoms with van der Waals surface area (Å²) in [5.74, 6) is 0.561. The Kier molecular flexibility index (Phi) is 6.97. The molecule has 1 N–H and O–H groups in total. The zero-order valence-corrected chi connectivity index (χ0v) is 21.9. The van der Waals surface area contributed by atoms with Gasteiger partial charge >= 0.3 is 6.09 Å². The Morgan fingerprint density at radius 2 is 1.92 bits per heavy atom. The molecule has 1 fully saturated rings. The van der Waals surface area contributed by atoms with E-state index in [-0.39, 0.29) is 46.4 Å². The van der Waals surface area contributed by atoms with Crippen LogP contribution in [0.15, 0.2) is 23.5 Å². The molecule has 0 atom stereocenters. The van der Waals surface area contributed by atoms with Gasteiger partial charge in [-0.25, -0.2) is 28.2 Å². The number of nitrogens with zero attached hydrogens (tertiary/aromatic N) is 5. The van der Waals surface area contributed by atoms with Crippen LogP contribution in [0.2, 0.25) is 5.15 Å². The molecule has 2 aromatic rings. The van der Waals surface area contributed by atoms with E-state index in [9.17, 15) is 18.0 Å². The fourth-order valence-electron chi connectivity index (χ4n) is 3.93. The first-order chi connectivity index (χ1) is 16.8. The molecule has 2 aromatic heterocycles. The van der Waals surface area contributed by atoms with E-state index in [1.807, 2.05) is 20.8 Å². The van der Waals surface area contributed by atoms with Crippen LogP contribution in [-0.4, -0.2) is 77.9 Å². The standard InChI is InChI=1S/C22H27ClN6O6S/c1-22(2,3)35-21(31)28-9-7-13(8-10-28)29-16(30)11-34-17-19(24-12-25-20(17)29)26-14-5-6-15(27-18(14)23)36(4,32)33/h5-6,12-13H,7-11H2,1-4H3,(H,24,25,26). The highest BCUT2D eigenvalue weighted by Crippen LogP contribution is 2.39. The van der Waals surface area contributed by atoms with Crippen LogP contribution in [-0.2, 0) is 19.4 Å². The molecule has 4 rings (SSSR count). The lowest BCUT2D eigenvalue weighted by atomic mass is 10.0. The zero-order chi connectivity index (χ0) is 26.3. The van der Waals surface area contributed by atoms with E-state index in [0.717, 1.165) is 6.26 Å². The number of rotatable bonds is 4. The van der Waals surface area contributed by atoms with E-state index in [0.29, 0.717) is 37.4 Å². The van der Waals surface area contributed by atoms with Gasteiger partial charge in [0, 0.05) is 25.4 Å². The summed E-state index contributed by atoms with van der Waals surface area (Å²) in [6.45, 7) is 6.11. The number of anilines is 3. The second-order valence-electron chi connectivity index (χ2n) is 9.51. The summed E-state index contributed by atoms with van der Waals surface area (Å²) in [5, 5.41) is 2.76. The van der Waals surface area contributed by atoms with Crippen molar-refractivity contribution in [1.82, 2.24) is 19.9 Å². The van der Waals surface area contributed by atoms with Gasteiger partial charge in [-0.15, -0.1) is 0 Å². The third kappa shape index (κ3) is 5.62. The van der Waals surface area contributed by atoms with Gasteiger partial charge in [-0.3, -0.25) is 9.69 Å². The summed E-state index contributed by atoms with van der Waals surface area (Å²) in [6, 6.07) is 2.60. The number of halogens is 1. The van der Waals surface area contributed by atoms with Gasteiger partial charge in [-0.2, -0.15) is 0 Å². The number of hydrogen-bond donors (Lipinski definition) is 1. The predicted octanol–water partition coefficient (Wildman–Crippen LogP) is 2.80. The molecule has 4 heterocycles. The van der Waals surface area contributed by atoms with Gasteiger partial charge in [0.05, 0.1) is 5.69 Å². The highest BCUT2D eigenvalue weighted by atomic mass is 35.5. The van der Waals surface area contributed by atoms with E-state index in [4.69, 9.17) is 21.1 Å². The van der Waals surface area contributed by atoms with E-state index in [1.54, 1.807) is 9.80 Å². The molecule has 36 heavy (non-hydrogen) atoms. The van der Waals surface area contributed by atoms with Crippen molar-refractivity contribution >= 4 is 50.8 Å². The van der Waals surface area contributed by atoms with E-state index < -0.39 is 15.4 Å². The molecule has 0 spiro atoms. The first kappa shape index (κ1) is 25.9. The van der Waals surface area contributed by atoms with E-state index >= 15 is 0 Å². The number of carbonyl (C=O) groups excluding carboxylic acids is 2. The highest BCUT2D eigenvalue weighted by molar-refractivity contribution is 7.90. The van der Waals surface area contributed by atoms with Crippen LogP contribution in [0, 0.1) is 0 Å². The number of aromatic nitrogens is 3. The average Bonchev–Trinajstić information content (AvgIpc) is 2.79. The zero-order valence-electron chi connectivity index (χ0n) is 20.3. The average molecular weight is 539 g/mol. The quantitative estimate of drug-likeness (QED) is 0.577. The molecule has 0 aliphatic carbocycles. The van der Waals surface area contributed by atoms with Crippen molar-refractivity contribution in [3.05, 3.63) is 23.6 Å². The fraction of sp³-hybridized carbons (Fsp3) is 0.500. The summed E-state index contributed by atoms with van der Waals surface area (Å²) in [5.41, 5.74) is -0.278. The number of likely N-dealkylation sites (tertiary alicyclic amines) is 1. The van der Waals surface area contributed by atoms with Crippen molar-refractivity contribution in [3.63, 3.8) is 0 Å². The molecule has 2 amide bonds. The van der Waals surface area contributed by atoms with Gasteiger partial charge in [0.1, 0.15) is 11.9 Å². The largest absolute Gasteiger partial charge is 0.476 e. The summed E-state index contributed by atoms with van der Waals surface area (Å²) in [7, 11) is -3.52. The van der Waals surface area contributed by atoms with Crippen LogP contribution >= 0.6 is 11.6 Å². The number of piperidine rings is 1. The van der Waals surface area contributed by atoms with Crippen molar-refractivity contribution < 1.29 is 27.5 Å². The second kappa shape index (κ2) is 9.69. The lowest BCUT2D eigenvalue weighted by Crippen LogP contribution is -2.52. The Hall–Kier alpha value is -3.19. The molecule has 2 aliphatic rings. The number of nitrogens with one attached hydrogen (secondary N) is 1. The number of fused-ring (bicyclic) bond motifs is 1. The maximum absolute atomic E-state index is 12.8. The van der Waals surface area contributed by atoms with Crippen molar-refractivity contribution in [2.24, 2.45) is 0 Å². The highest BCUT2D eigenvalue weighted by Gasteiger charge is 2.38. The van der Waals surface area contributed by atoms with Crippen molar-refractivity contribution in [1.29, 1.82) is 0 Å². The van der Waals surface area contributed by atoms with Gasteiger partial charge in [-0.05, 0) is 45.7 Å². The molecular weight excluding hydrogens is 512 g/mol. The van der Waals surface area contributed by atoms with Crippen molar-refractivity contribution in [2.45, 2.75) is 50.3 Å². The van der Waals surface area contributed by atoms with Crippen molar-refractivity contribution in [3.8, 4) is 5.75 Å². The monoisotopic (exact) mass is 538 g/mol. The minimum atomic E-state index is -3.52. The van der Waals surface area contributed by atoms with Crippen LogP contribution in [0.5, 0.6) is 5.75 Å². The van der Waals surface area contributed by atoms with Crippen LogP contribution in [0.3, 0.4) is 0 Å².